The summed E-state index contributed by atoms with van der Waals surface area (Å²) in [6.45, 7) is 7.99. The first-order valence-electron chi connectivity index (χ1n) is 10.9. The summed E-state index contributed by atoms with van der Waals surface area (Å²) in [4.78, 5) is 16.7. The van der Waals surface area contributed by atoms with Gasteiger partial charge in [-0.15, -0.1) is 6.58 Å². The van der Waals surface area contributed by atoms with Crippen molar-refractivity contribution in [1.29, 1.82) is 0 Å². The predicted molar refractivity (Wildman–Crippen MR) is 129 cm³/mol. The van der Waals surface area contributed by atoms with Crippen molar-refractivity contribution in [3.8, 4) is 17.2 Å². The van der Waals surface area contributed by atoms with Gasteiger partial charge in [0.15, 0.2) is 0 Å². The van der Waals surface area contributed by atoms with Crippen LogP contribution in [0.2, 0.25) is 0 Å². The molecule has 8 heteroatoms. The van der Waals surface area contributed by atoms with Crippen LogP contribution >= 0.6 is 0 Å². The van der Waals surface area contributed by atoms with Crippen molar-refractivity contribution in [3.05, 3.63) is 65.7 Å². The van der Waals surface area contributed by atoms with Crippen molar-refractivity contribution in [1.82, 2.24) is 15.2 Å². The van der Waals surface area contributed by atoms with E-state index in [1.165, 1.54) is 6.21 Å². The molecule has 1 aliphatic heterocycles. The van der Waals surface area contributed by atoms with E-state index in [1.54, 1.807) is 26.4 Å². The maximum Gasteiger partial charge on any atom is 0.254 e. The van der Waals surface area contributed by atoms with E-state index < -0.39 is 0 Å². The number of ether oxygens (including phenoxy) is 2. The minimum absolute atomic E-state index is 0.152. The van der Waals surface area contributed by atoms with Gasteiger partial charge in [-0.2, -0.15) is 5.10 Å². The highest BCUT2D eigenvalue weighted by Gasteiger charge is 2.20. The second-order valence-corrected chi connectivity index (χ2v) is 7.87. The number of hydrogen-bond acceptors (Lipinski definition) is 7. The maximum atomic E-state index is 12.3. The van der Waals surface area contributed by atoms with Gasteiger partial charge < -0.3 is 14.6 Å². The highest BCUT2D eigenvalue weighted by molar-refractivity contribution is 5.86. The van der Waals surface area contributed by atoms with Gasteiger partial charge in [-0.1, -0.05) is 18.2 Å². The molecule has 0 spiro atoms. The summed E-state index contributed by atoms with van der Waals surface area (Å²) in [5, 5.41) is 14.3. The number of hydrogen-bond donors (Lipinski definition) is 2. The van der Waals surface area contributed by atoms with Crippen molar-refractivity contribution in [2.75, 3.05) is 46.9 Å². The zero-order valence-electron chi connectivity index (χ0n) is 19.3. The Balaban J connectivity index is 1.46. The molecule has 176 valence electrons. The summed E-state index contributed by atoms with van der Waals surface area (Å²) < 4.78 is 10.8. The Morgan fingerprint density at radius 2 is 1.88 bits per heavy atom. The Bertz CT molecular complexity index is 984. The molecule has 0 unspecified atom stereocenters. The van der Waals surface area contributed by atoms with E-state index in [0.29, 0.717) is 12.0 Å². The van der Waals surface area contributed by atoms with Crippen LogP contribution in [0.3, 0.4) is 0 Å². The Morgan fingerprint density at radius 1 is 1.12 bits per heavy atom. The van der Waals surface area contributed by atoms with E-state index in [0.717, 1.165) is 55.3 Å². The number of rotatable bonds is 10. The van der Waals surface area contributed by atoms with Crippen LogP contribution in [0.5, 0.6) is 17.2 Å². The maximum absolute atomic E-state index is 12.3. The van der Waals surface area contributed by atoms with Crippen LogP contribution in [-0.2, 0) is 17.8 Å². The first kappa shape index (κ1) is 24.3. The molecule has 0 radical (unpaired) electrons. The van der Waals surface area contributed by atoms with E-state index in [1.807, 2.05) is 30.3 Å². The van der Waals surface area contributed by atoms with E-state index in [2.05, 4.69) is 26.9 Å². The second-order valence-electron chi connectivity index (χ2n) is 7.87. The van der Waals surface area contributed by atoms with Crippen LogP contribution in [0.25, 0.3) is 0 Å². The monoisotopic (exact) mass is 452 g/mol. The summed E-state index contributed by atoms with van der Waals surface area (Å²) >= 11 is 0. The third kappa shape index (κ3) is 6.81. The lowest BCUT2D eigenvalue weighted by Crippen LogP contribution is -2.48. The molecule has 1 fully saturated rings. The molecule has 0 bridgehead atoms. The molecule has 0 saturated carbocycles. The number of allylic oxidation sites excluding steroid dienone is 1. The fraction of sp³-hybridized carbons (Fsp3) is 0.360. The molecule has 2 N–H and O–H groups in total. The van der Waals surface area contributed by atoms with Crippen molar-refractivity contribution in [2.24, 2.45) is 5.10 Å². The molecule has 2 aromatic rings. The zero-order valence-corrected chi connectivity index (χ0v) is 19.3. The fourth-order valence-corrected chi connectivity index (χ4v) is 3.80. The minimum Gasteiger partial charge on any atom is -0.507 e. The number of carbonyl (C=O) groups excluding carboxylic acids is 1. The first-order chi connectivity index (χ1) is 16.0. The van der Waals surface area contributed by atoms with E-state index in [4.69, 9.17) is 9.47 Å². The molecule has 33 heavy (non-hydrogen) atoms. The van der Waals surface area contributed by atoms with Crippen LogP contribution < -0.4 is 14.9 Å². The summed E-state index contributed by atoms with van der Waals surface area (Å²) in [5.74, 6) is 1.62. The number of amides is 1. The summed E-state index contributed by atoms with van der Waals surface area (Å²) in [6, 6.07) is 11.2. The average molecular weight is 453 g/mol. The molecule has 0 aromatic heterocycles. The van der Waals surface area contributed by atoms with Crippen LogP contribution in [0.15, 0.2) is 54.2 Å². The molecule has 0 aliphatic carbocycles. The fourth-order valence-electron chi connectivity index (χ4n) is 3.80. The van der Waals surface area contributed by atoms with Crippen LogP contribution in [0, 0.1) is 0 Å². The quantitative estimate of drug-likeness (QED) is 0.327. The summed E-state index contributed by atoms with van der Waals surface area (Å²) in [6.07, 6.45) is 3.75. The smallest absolute Gasteiger partial charge is 0.254 e. The molecular formula is C25H32N4O4. The number of carbonyl (C=O) groups is 1. The zero-order chi connectivity index (χ0) is 23.6. The number of benzene rings is 2. The highest BCUT2D eigenvalue weighted by Crippen LogP contribution is 2.25. The normalized spacial score (nSPS) is 14.8. The molecule has 3 rings (SSSR count). The molecule has 0 atom stereocenters. The number of nitrogens with one attached hydrogen (secondary N) is 1. The molecule has 8 nitrogen and oxygen atoms in total. The van der Waals surface area contributed by atoms with Crippen LogP contribution in [0.1, 0.15) is 16.7 Å². The Hall–Kier alpha value is -3.36. The molecule has 1 aliphatic rings. The Morgan fingerprint density at radius 3 is 2.58 bits per heavy atom. The van der Waals surface area contributed by atoms with Crippen molar-refractivity contribution < 1.29 is 19.4 Å². The van der Waals surface area contributed by atoms with Gasteiger partial charge in [0.2, 0.25) is 0 Å². The predicted octanol–water partition coefficient (Wildman–Crippen LogP) is 2.41. The molecule has 1 saturated heterocycles. The first-order valence-corrected chi connectivity index (χ1v) is 10.9. The number of para-hydroxylation sites is 1. The van der Waals surface area contributed by atoms with Crippen LogP contribution in [-0.4, -0.2) is 74.0 Å². The molecule has 1 amide bonds. The summed E-state index contributed by atoms with van der Waals surface area (Å²) in [7, 11) is 3.33. The van der Waals surface area contributed by atoms with Gasteiger partial charge in [0, 0.05) is 43.9 Å². The van der Waals surface area contributed by atoms with Crippen molar-refractivity contribution >= 4 is 12.1 Å². The summed E-state index contributed by atoms with van der Waals surface area (Å²) in [5.41, 5.74) is 4.95. The Labute approximate surface area is 195 Å². The molecule has 2 aromatic carbocycles. The average Bonchev–Trinajstić information content (AvgIpc) is 2.82. The van der Waals surface area contributed by atoms with Gasteiger partial charge in [-0.05, 0) is 36.2 Å². The third-order valence-corrected chi connectivity index (χ3v) is 5.62. The van der Waals surface area contributed by atoms with E-state index in [9.17, 15) is 9.90 Å². The number of phenolic OH excluding ortho intramolecular Hbond substituents is 1. The second kappa shape index (κ2) is 12.0. The number of nitrogens with zero attached hydrogens (tertiary/aromatic N) is 3. The van der Waals surface area contributed by atoms with Crippen molar-refractivity contribution in [3.63, 3.8) is 0 Å². The van der Waals surface area contributed by atoms with E-state index in [-0.39, 0.29) is 18.2 Å². The van der Waals surface area contributed by atoms with Gasteiger partial charge >= 0.3 is 0 Å². The topological polar surface area (TPSA) is 86.6 Å². The SMILES string of the molecule is C=CCc1cccc(C=NNC(=O)CN2CCN(Cc3cc(OC)ccc3OC)CC2)c1O. The Kier molecular flexibility index (Phi) is 8.86. The van der Waals surface area contributed by atoms with Crippen LogP contribution in [0.4, 0.5) is 0 Å². The van der Waals surface area contributed by atoms with Crippen molar-refractivity contribution in [2.45, 2.75) is 13.0 Å². The molecular weight excluding hydrogens is 420 g/mol. The van der Waals surface area contributed by atoms with Gasteiger partial charge in [-0.25, -0.2) is 5.43 Å². The third-order valence-electron chi connectivity index (χ3n) is 5.62. The van der Waals surface area contributed by atoms with E-state index >= 15 is 0 Å². The minimum atomic E-state index is -0.184. The largest absolute Gasteiger partial charge is 0.507 e. The number of hydrazone groups is 1. The number of methoxy groups -OCH3 is 2. The number of piperazine rings is 1. The number of aromatic hydroxyl groups is 1. The van der Waals surface area contributed by atoms with Gasteiger partial charge in [0.25, 0.3) is 5.91 Å². The highest BCUT2D eigenvalue weighted by atomic mass is 16.5. The lowest BCUT2D eigenvalue weighted by atomic mass is 10.1. The molecule has 1 heterocycles. The van der Waals surface area contributed by atoms with Gasteiger partial charge in [0.05, 0.1) is 27.0 Å². The van der Waals surface area contributed by atoms with Gasteiger partial charge in [0.1, 0.15) is 17.2 Å². The lowest BCUT2D eigenvalue weighted by Gasteiger charge is -2.34. The lowest BCUT2D eigenvalue weighted by molar-refractivity contribution is -0.122. The standard InChI is InChI=1S/C25H32N4O4/c1-4-6-19-7-5-8-20(25(19)31)16-26-27-24(30)18-29-13-11-28(12-14-29)17-21-15-22(32-2)9-10-23(21)33-3/h4-5,7-10,15-16,31H,1,6,11-14,17-18H2,2-3H3,(H,27,30). The van der Waals surface area contributed by atoms with Gasteiger partial charge in [-0.3, -0.25) is 14.6 Å². The number of phenols is 1.